The molecule has 4 rings (SSSR count). The minimum Gasteiger partial charge on any atom is -0.368 e. The molecule has 0 spiro atoms. The van der Waals surface area contributed by atoms with Crippen molar-refractivity contribution in [3.05, 3.63) is 53.0 Å². The van der Waals surface area contributed by atoms with Crippen LogP contribution in [0.2, 0.25) is 0 Å². The van der Waals surface area contributed by atoms with Crippen molar-refractivity contribution < 1.29 is 17.6 Å². The Kier molecular flexibility index (Phi) is 4.73. The second kappa shape index (κ2) is 7.22. The Balaban J connectivity index is 1.45. The first kappa shape index (κ1) is 19.0. The molecule has 2 aromatic heterocycles. The van der Waals surface area contributed by atoms with E-state index >= 15 is 0 Å². The van der Waals surface area contributed by atoms with E-state index in [1.807, 2.05) is 6.07 Å². The maximum atomic E-state index is 14.0. The molecule has 1 fully saturated rings. The van der Waals surface area contributed by atoms with Crippen molar-refractivity contribution in [2.45, 2.75) is 31.5 Å². The summed E-state index contributed by atoms with van der Waals surface area (Å²) in [7, 11) is 0. The summed E-state index contributed by atoms with van der Waals surface area (Å²) in [4.78, 5) is 8.08. The molecule has 0 unspecified atom stereocenters. The molecule has 11 heteroatoms. The van der Waals surface area contributed by atoms with Gasteiger partial charge >= 0.3 is 6.18 Å². The third kappa shape index (κ3) is 4.55. The van der Waals surface area contributed by atoms with Crippen LogP contribution >= 0.6 is 0 Å². The predicted octanol–water partition coefficient (Wildman–Crippen LogP) is 4.17. The average molecular weight is 407 g/mol. The van der Waals surface area contributed by atoms with Crippen LogP contribution in [0.25, 0.3) is 0 Å². The topological polar surface area (TPSA) is 105 Å². The van der Waals surface area contributed by atoms with Gasteiger partial charge < -0.3 is 16.4 Å². The number of alkyl halides is 3. The first-order valence-corrected chi connectivity index (χ1v) is 8.84. The summed E-state index contributed by atoms with van der Waals surface area (Å²) >= 11 is 0. The molecule has 7 nitrogen and oxygen atoms in total. The fourth-order valence-electron chi connectivity index (χ4n) is 2.81. The number of halogens is 4. The van der Waals surface area contributed by atoms with E-state index in [1.54, 1.807) is 6.07 Å². The molecule has 0 aliphatic heterocycles. The van der Waals surface area contributed by atoms with Gasteiger partial charge in [0.15, 0.2) is 5.82 Å². The quantitative estimate of drug-likeness (QED) is 0.457. The van der Waals surface area contributed by atoms with Gasteiger partial charge in [0.1, 0.15) is 17.5 Å². The first-order chi connectivity index (χ1) is 13.8. The van der Waals surface area contributed by atoms with E-state index in [4.69, 9.17) is 5.73 Å². The molecule has 2 heterocycles. The highest BCUT2D eigenvalue weighted by atomic mass is 19.4. The largest absolute Gasteiger partial charge is 0.416 e. The highest BCUT2D eigenvalue weighted by Gasteiger charge is 2.31. The number of hydrogen-bond acceptors (Lipinski definition) is 6. The smallest absolute Gasteiger partial charge is 0.368 e. The molecule has 5 N–H and O–H groups in total. The van der Waals surface area contributed by atoms with Gasteiger partial charge in [-0.1, -0.05) is 6.07 Å². The fraction of sp³-hybridized carbons (Fsp3) is 0.278. The van der Waals surface area contributed by atoms with Gasteiger partial charge in [-0.15, -0.1) is 0 Å². The summed E-state index contributed by atoms with van der Waals surface area (Å²) in [5.74, 6) is 0.772. The van der Waals surface area contributed by atoms with Crippen LogP contribution in [0, 0.1) is 5.82 Å². The van der Waals surface area contributed by atoms with E-state index in [9.17, 15) is 17.6 Å². The Bertz CT molecular complexity index is 1030. The number of rotatable bonds is 6. The minimum atomic E-state index is -4.60. The Morgan fingerprint density at radius 1 is 1.07 bits per heavy atom. The van der Waals surface area contributed by atoms with Crippen LogP contribution < -0.4 is 16.4 Å². The molecule has 1 aliphatic rings. The molecule has 29 heavy (non-hydrogen) atoms. The summed E-state index contributed by atoms with van der Waals surface area (Å²) in [6, 6.07) is 5.81. The van der Waals surface area contributed by atoms with Gasteiger partial charge in [-0.05, 0) is 25.0 Å². The van der Waals surface area contributed by atoms with Crippen LogP contribution in [0.3, 0.4) is 0 Å². The van der Waals surface area contributed by atoms with Crippen molar-refractivity contribution in [2.75, 3.05) is 16.4 Å². The summed E-state index contributed by atoms with van der Waals surface area (Å²) in [5.41, 5.74) is 5.78. The molecular formula is C18H17F4N7. The number of nitrogen functional groups attached to an aromatic ring is 1. The molecular weight excluding hydrogens is 390 g/mol. The number of aromatic nitrogens is 4. The van der Waals surface area contributed by atoms with Gasteiger partial charge in [0.25, 0.3) is 0 Å². The van der Waals surface area contributed by atoms with Crippen molar-refractivity contribution in [2.24, 2.45) is 0 Å². The second-order valence-corrected chi connectivity index (χ2v) is 6.76. The van der Waals surface area contributed by atoms with Crippen LogP contribution in [-0.2, 0) is 12.7 Å². The fourth-order valence-corrected chi connectivity index (χ4v) is 2.81. The molecule has 1 aromatic carbocycles. The third-order valence-corrected chi connectivity index (χ3v) is 4.45. The number of nitrogens with one attached hydrogen (secondary N) is 3. The monoisotopic (exact) mass is 407 g/mol. The van der Waals surface area contributed by atoms with Crippen molar-refractivity contribution in [1.29, 1.82) is 0 Å². The zero-order chi connectivity index (χ0) is 20.6. The summed E-state index contributed by atoms with van der Waals surface area (Å²) in [6.45, 7) is -0.0753. The van der Waals surface area contributed by atoms with Crippen LogP contribution in [0.1, 0.15) is 35.6 Å². The first-order valence-electron chi connectivity index (χ1n) is 8.84. The average Bonchev–Trinajstić information content (AvgIpc) is 3.39. The summed E-state index contributed by atoms with van der Waals surface area (Å²) < 4.78 is 51.9. The predicted molar refractivity (Wildman–Crippen MR) is 99.0 cm³/mol. The minimum absolute atomic E-state index is 0.0247. The van der Waals surface area contributed by atoms with Crippen molar-refractivity contribution in [3.63, 3.8) is 0 Å². The lowest BCUT2D eigenvalue weighted by molar-refractivity contribution is -0.137. The van der Waals surface area contributed by atoms with Gasteiger partial charge in [0.05, 0.1) is 5.56 Å². The van der Waals surface area contributed by atoms with Crippen LogP contribution in [0.15, 0.2) is 30.3 Å². The van der Waals surface area contributed by atoms with Gasteiger partial charge in [-0.2, -0.15) is 28.2 Å². The molecule has 1 saturated carbocycles. The second-order valence-electron chi connectivity index (χ2n) is 6.76. The lowest BCUT2D eigenvalue weighted by atomic mass is 10.1. The molecule has 3 aromatic rings. The number of hydrogen-bond donors (Lipinski definition) is 4. The van der Waals surface area contributed by atoms with E-state index in [1.165, 1.54) is 0 Å². The van der Waals surface area contributed by atoms with Gasteiger partial charge in [-0.25, -0.2) is 4.39 Å². The number of anilines is 4. The Morgan fingerprint density at radius 2 is 1.83 bits per heavy atom. The van der Waals surface area contributed by atoms with E-state index in [0.717, 1.165) is 30.7 Å². The number of aromatic amines is 1. The van der Waals surface area contributed by atoms with E-state index in [-0.39, 0.29) is 23.9 Å². The van der Waals surface area contributed by atoms with E-state index in [2.05, 4.69) is 30.8 Å². The maximum absolute atomic E-state index is 14.0. The van der Waals surface area contributed by atoms with Crippen LogP contribution in [0.5, 0.6) is 0 Å². The molecule has 0 saturated heterocycles. The van der Waals surface area contributed by atoms with Crippen LogP contribution in [-0.4, -0.2) is 20.2 Å². The Morgan fingerprint density at radius 3 is 2.52 bits per heavy atom. The maximum Gasteiger partial charge on any atom is 0.416 e. The number of nitrogens with zero attached hydrogens (tertiary/aromatic N) is 3. The summed E-state index contributed by atoms with van der Waals surface area (Å²) in [6.07, 6.45) is -2.33. The third-order valence-electron chi connectivity index (χ3n) is 4.45. The molecule has 0 radical (unpaired) electrons. The van der Waals surface area contributed by atoms with Crippen molar-refractivity contribution in [3.8, 4) is 0 Å². The van der Waals surface area contributed by atoms with Crippen LogP contribution in [0.4, 0.5) is 41.0 Å². The van der Waals surface area contributed by atoms with Gasteiger partial charge in [-0.3, -0.25) is 5.10 Å². The SMILES string of the molecule is Nc1nc(NCc2ccc(C(F)(F)F)cc2F)cc(Nc2cc(C3CC3)[nH]n2)n1. The number of H-pyrrole nitrogens is 1. The Hall–Kier alpha value is -3.37. The Labute approximate surface area is 162 Å². The van der Waals surface area contributed by atoms with Gasteiger partial charge in [0, 0.05) is 35.9 Å². The van der Waals surface area contributed by atoms with Gasteiger partial charge in [0.2, 0.25) is 5.95 Å². The zero-order valence-electron chi connectivity index (χ0n) is 15.0. The highest BCUT2D eigenvalue weighted by Crippen LogP contribution is 2.39. The molecule has 152 valence electrons. The lowest BCUT2D eigenvalue weighted by Crippen LogP contribution is -2.09. The van der Waals surface area contributed by atoms with Crippen molar-refractivity contribution >= 4 is 23.4 Å². The molecule has 0 bridgehead atoms. The van der Waals surface area contributed by atoms with E-state index in [0.29, 0.717) is 23.6 Å². The number of nitrogens with two attached hydrogens (primary N) is 1. The van der Waals surface area contributed by atoms with E-state index < -0.39 is 17.6 Å². The molecule has 0 atom stereocenters. The normalized spacial score (nSPS) is 14.1. The molecule has 1 aliphatic carbocycles. The zero-order valence-corrected chi connectivity index (χ0v) is 15.0. The standard InChI is InChI=1S/C18H17F4N7/c19-12-5-11(18(20,21)22)4-3-10(12)8-24-14-7-15(27-17(23)26-14)25-16-6-13(28-29-16)9-1-2-9/h3-7,9H,1-2,8H2,(H5,23,24,25,26,27,28,29). The highest BCUT2D eigenvalue weighted by molar-refractivity contribution is 5.58. The summed E-state index contributed by atoms with van der Waals surface area (Å²) in [5, 5.41) is 13.0. The molecule has 0 amide bonds. The van der Waals surface area contributed by atoms with Crippen molar-refractivity contribution in [1.82, 2.24) is 20.2 Å². The lowest BCUT2D eigenvalue weighted by Gasteiger charge is -2.11. The number of benzene rings is 1.